The lowest BCUT2D eigenvalue weighted by Crippen LogP contribution is -2.33. The molecule has 1 aliphatic rings. The molecule has 122 valence electrons. The molecule has 0 saturated carbocycles. The number of hydrogen-bond donors (Lipinski definition) is 0. The van der Waals surface area contributed by atoms with Crippen LogP contribution in [-0.2, 0) is 11.2 Å². The third-order valence-electron chi connectivity index (χ3n) is 4.54. The summed E-state index contributed by atoms with van der Waals surface area (Å²) in [5.74, 6) is 0.852. The molecule has 0 unspecified atom stereocenters. The van der Waals surface area contributed by atoms with Crippen LogP contribution in [0.5, 0.6) is 5.75 Å². The fraction of sp³-hybridized carbons (Fsp3) is 0.263. The zero-order chi connectivity index (χ0) is 16.7. The van der Waals surface area contributed by atoms with E-state index in [1.54, 1.807) is 14.0 Å². The quantitative estimate of drug-likeness (QED) is 0.727. The van der Waals surface area contributed by atoms with Crippen LogP contribution in [0.3, 0.4) is 0 Å². The number of carbonyl (C=O) groups is 1. The van der Waals surface area contributed by atoms with Crippen molar-refractivity contribution in [2.24, 2.45) is 0 Å². The lowest BCUT2D eigenvalue weighted by atomic mass is 9.98. The minimum atomic E-state index is 0.0983. The van der Waals surface area contributed by atoms with E-state index in [0.29, 0.717) is 0 Å². The van der Waals surface area contributed by atoms with Gasteiger partial charge in [0.1, 0.15) is 0 Å². The molecule has 1 amide bonds. The molecule has 3 heterocycles. The Morgan fingerprint density at radius 2 is 2.17 bits per heavy atom. The van der Waals surface area contributed by atoms with Crippen molar-refractivity contribution < 1.29 is 9.53 Å². The lowest BCUT2D eigenvalue weighted by Gasteiger charge is -2.28. The van der Waals surface area contributed by atoms with Crippen LogP contribution >= 0.6 is 0 Å². The smallest absolute Gasteiger partial charge is 0.223 e. The fourth-order valence-corrected chi connectivity index (χ4v) is 3.37. The summed E-state index contributed by atoms with van der Waals surface area (Å²) in [5.41, 5.74) is 5.00. The molecule has 24 heavy (non-hydrogen) atoms. The predicted octanol–water partition coefficient (Wildman–Crippen LogP) is 3.31. The highest BCUT2D eigenvalue weighted by molar-refractivity contribution is 5.93. The van der Waals surface area contributed by atoms with Crippen LogP contribution in [0, 0.1) is 0 Å². The van der Waals surface area contributed by atoms with Gasteiger partial charge in [-0.05, 0) is 42.7 Å². The molecule has 5 heteroatoms. The minimum absolute atomic E-state index is 0.0983. The number of amides is 1. The van der Waals surface area contributed by atoms with Crippen LogP contribution in [0.1, 0.15) is 18.9 Å². The summed E-state index contributed by atoms with van der Waals surface area (Å²) in [6.45, 7) is 2.42. The SMILES string of the molecule is COc1cccn2cc(-c3ccc4c(c3)CCCN4C(C)=O)nc12. The number of benzene rings is 1. The molecule has 3 aromatic rings. The summed E-state index contributed by atoms with van der Waals surface area (Å²) in [4.78, 5) is 18.4. The minimum Gasteiger partial charge on any atom is -0.493 e. The predicted molar refractivity (Wildman–Crippen MR) is 93.5 cm³/mol. The average molecular weight is 321 g/mol. The molecule has 4 rings (SSSR count). The summed E-state index contributed by atoms with van der Waals surface area (Å²) in [7, 11) is 1.65. The molecule has 0 spiro atoms. The molecule has 0 fully saturated rings. The topological polar surface area (TPSA) is 46.8 Å². The number of aryl methyl sites for hydroxylation is 1. The maximum absolute atomic E-state index is 11.8. The number of carbonyl (C=O) groups excluding carboxylic acids is 1. The zero-order valence-corrected chi connectivity index (χ0v) is 13.8. The van der Waals surface area contributed by atoms with Crippen LogP contribution in [0.4, 0.5) is 5.69 Å². The fourth-order valence-electron chi connectivity index (χ4n) is 3.37. The van der Waals surface area contributed by atoms with Gasteiger partial charge in [0.05, 0.1) is 12.8 Å². The number of hydrogen-bond acceptors (Lipinski definition) is 3. The molecule has 1 aliphatic heterocycles. The Balaban J connectivity index is 1.79. The second-order valence-corrected chi connectivity index (χ2v) is 6.05. The van der Waals surface area contributed by atoms with Gasteiger partial charge < -0.3 is 14.0 Å². The van der Waals surface area contributed by atoms with E-state index >= 15 is 0 Å². The van der Waals surface area contributed by atoms with Gasteiger partial charge in [0.15, 0.2) is 11.4 Å². The number of methoxy groups -OCH3 is 1. The number of imidazole rings is 1. The molecule has 1 aromatic carbocycles. The normalized spacial score (nSPS) is 13.8. The number of nitrogens with zero attached hydrogens (tertiary/aromatic N) is 3. The van der Waals surface area contributed by atoms with Gasteiger partial charge in [0, 0.05) is 37.1 Å². The molecular weight excluding hydrogens is 302 g/mol. The summed E-state index contributed by atoms with van der Waals surface area (Å²) in [6.07, 6.45) is 5.95. The van der Waals surface area contributed by atoms with Crippen molar-refractivity contribution >= 4 is 17.2 Å². The molecule has 2 aromatic heterocycles. The van der Waals surface area contributed by atoms with Crippen molar-refractivity contribution in [3.8, 4) is 17.0 Å². The van der Waals surface area contributed by atoms with Gasteiger partial charge in [0.25, 0.3) is 0 Å². The van der Waals surface area contributed by atoms with E-state index in [4.69, 9.17) is 9.72 Å². The zero-order valence-electron chi connectivity index (χ0n) is 13.8. The number of anilines is 1. The maximum Gasteiger partial charge on any atom is 0.223 e. The monoisotopic (exact) mass is 321 g/mol. The number of rotatable bonds is 2. The number of fused-ring (bicyclic) bond motifs is 2. The summed E-state index contributed by atoms with van der Waals surface area (Å²) in [6, 6.07) is 10.1. The van der Waals surface area contributed by atoms with Gasteiger partial charge >= 0.3 is 0 Å². The van der Waals surface area contributed by atoms with Crippen LogP contribution in [-0.4, -0.2) is 28.9 Å². The second-order valence-electron chi connectivity index (χ2n) is 6.05. The van der Waals surface area contributed by atoms with E-state index < -0.39 is 0 Å². The maximum atomic E-state index is 11.8. The number of ether oxygens (including phenoxy) is 1. The Labute approximate surface area is 140 Å². The summed E-state index contributed by atoms with van der Waals surface area (Å²) in [5, 5.41) is 0. The number of aromatic nitrogens is 2. The Hall–Kier alpha value is -2.82. The standard InChI is InChI=1S/C19H19N3O2/c1-13(23)22-10-3-5-15-11-14(7-8-17(15)22)16-12-21-9-4-6-18(24-2)19(21)20-16/h4,6-9,11-12H,3,5,10H2,1-2H3. The van der Waals surface area contributed by atoms with E-state index in [-0.39, 0.29) is 5.91 Å². The third-order valence-corrected chi connectivity index (χ3v) is 4.54. The van der Waals surface area contributed by atoms with E-state index in [9.17, 15) is 4.79 Å². The molecule has 0 aliphatic carbocycles. The largest absolute Gasteiger partial charge is 0.493 e. The molecule has 0 saturated heterocycles. The van der Waals surface area contributed by atoms with Crippen molar-refractivity contribution in [3.05, 3.63) is 48.3 Å². The highest BCUT2D eigenvalue weighted by Crippen LogP contribution is 2.32. The van der Waals surface area contributed by atoms with Gasteiger partial charge in [-0.25, -0.2) is 4.98 Å². The Morgan fingerprint density at radius 1 is 1.29 bits per heavy atom. The summed E-state index contributed by atoms with van der Waals surface area (Å²) >= 11 is 0. The molecular formula is C19H19N3O2. The molecule has 0 atom stereocenters. The van der Waals surface area contributed by atoms with E-state index in [1.165, 1.54) is 5.56 Å². The third kappa shape index (κ3) is 2.33. The van der Waals surface area contributed by atoms with Gasteiger partial charge in [-0.3, -0.25) is 4.79 Å². The van der Waals surface area contributed by atoms with Crippen molar-refractivity contribution in [1.82, 2.24) is 9.38 Å². The van der Waals surface area contributed by atoms with Crippen molar-refractivity contribution in [3.63, 3.8) is 0 Å². The van der Waals surface area contributed by atoms with Gasteiger partial charge in [0.2, 0.25) is 5.91 Å². The molecule has 0 bridgehead atoms. The molecule has 0 radical (unpaired) electrons. The van der Waals surface area contributed by atoms with Crippen LogP contribution in [0.2, 0.25) is 0 Å². The highest BCUT2D eigenvalue weighted by Gasteiger charge is 2.20. The second kappa shape index (κ2) is 5.67. The van der Waals surface area contributed by atoms with Crippen molar-refractivity contribution in [2.45, 2.75) is 19.8 Å². The van der Waals surface area contributed by atoms with Crippen LogP contribution in [0.25, 0.3) is 16.9 Å². The van der Waals surface area contributed by atoms with Crippen LogP contribution in [0.15, 0.2) is 42.7 Å². The van der Waals surface area contributed by atoms with Gasteiger partial charge in [-0.15, -0.1) is 0 Å². The first-order valence-corrected chi connectivity index (χ1v) is 8.10. The first-order valence-electron chi connectivity index (χ1n) is 8.10. The Kier molecular flexibility index (Phi) is 3.49. The first kappa shape index (κ1) is 14.8. The van der Waals surface area contributed by atoms with Crippen molar-refractivity contribution in [2.75, 3.05) is 18.6 Å². The number of pyridine rings is 1. The van der Waals surface area contributed by atoms with E-state index in [0.717, 1.165) is 47.7 Å². The average Bonchev–Trinajstić information content (AvgIpc) is 3.04. The lowest BCUT2D eigenvalue weighted by molar-refractivity contribution is -0.116. The first-order chi connectivity index (χ1) is 11.7. The van der Waals surface area contributed by atoms with Crippen LogP contribution < -0.4 is 9.64 Å². The highest BCUT2D eigenvalue weighted by atomic mass is 16.5. The van der Waals surface area contributed by atoms with E-state index in [1.807, 2.05) is 46.0 Å². The van der Waals surface area contributed by atoms with Crippen molar-refractivity contribution in [1.29, 1.82) is 0 Å². The van der Waals surface area contributed by atoms with E-state index in [2.05, 4.69) is 6.07 Å². The Bertz CT molecular complexity index is 930. The summed E-state index contributed by atoms with van der Waals surface area (Å²) < 4.78 is 7.35. The molecule has 0 N–H and O–H groups in total. The Morgan fingerprint density at radius 3 is 2.96 bits per heavy atom. The molecule has 5 nitrogen and oxygen atoms in total. The van der Waals surface area contributed by atoms with Gasteiger partial charge in [-0.2, -0.15) is 0 Å². The van der Waals surface area contributed by atoms with Gasteiger partial charge in [-0.1, -0.05) is 6.07 Å².